The highest BCUT2D eigenvalue weighted by molar-refractivity contribution is 5.97. The van der Waals surface area contributed by atoms with Gasteiger partial charge in [-0.15, -0.1) is 0 Å². The van der Waals surface area contributed by atoms with Crippen LogP contribution in [-0.4, -0.2) is 86.8 Å². The fourth-order valence-corrected chi connectivity index (χ4v) is 6.03. The summed E-state index contributed by atoms with van der Waals surface area (Å²) in [5, 5.41) is 8.21. The van der Waals surface area contributed by atoms with Gasteiger partial charge in [-0.1, -0.05) is 42.5 Å². The van der Waals surface area contributed by atoms with Crippen molar-refractivity contribution in [1.29, 1.82) is 0 Å². The number of nitrogens with zero attached hydrogens (tertiary/aromatic N) is 3. The Kier molecular flexibility index (Phi) is 13.8. The number of rotatable bonds is 14. The number of para-hydroxylation sites is 1. The molecule has 308 valence electrons. The van der Waals surface area contributed by atoms with Gasteiger partial charge >= 0.3 is 12.2 Å². The number of piperazine rings is 1. The van der Waals surface area contributed by atoms with Crippen molar-refractivity contribution in [2.75, 3.05) is 13.2 Å². The summed E-state index contributed by atoms with van der Waals surface area (Å²) in [6.45, 7) is 12.4. The standard InChI is InChI=1S/C43H52N6O9/c1-8-55-31-18-14-28(15-19-31)22-35-39(52)49(25-29-16-20-33(21-17-29)56-32-12-10-9-11-13-32)36(38(51)46-35)24-44-37(50)34(47-40(53)57-42(2,3)4)23-30-26-48(27-45-30)41(54)58-43(5,6)7/h9-21,26-27,34-36H,8,22-25H2,1-7H3,(H,44,50)(H,46,51)(H,47,53)/t34-,35-,36?/m0/s1. The lowest BCUT2D eigenvalue weighted by Gasteiger charge is -2.39. The highest BCUT2D eigenvalue weighted by atomic mass is 16.6. The van der Waals surface area contributed by atoms with E-state index in [0.717, 1.165) is 15.7 Å². The highest BCUT2D eigenvalue weighted by Crippen LogP contribution is 2.24. The monoisotopic (exact) mass is 796 g/mol. The first-order valence-corrected chi connectivity index (χ1v) is 19.1. The zero-order valence-corrected chi connectivity index (χ0v) is 33.9. The van der Waals surface area contributed by atoms with Crippen molar-refractivity contribution in [2.45, 2.75) is 97.2 Å². The van der Waals surface area contributed by atoms with Gasteiger partial charge in [0, 0.05) is 32.1 Å². The van der Waals surface area contributed by atoms with Crippen LogP contribution in [0.15, 0.2) is 91.4 Å². The summed E-state index contributed by atoms with van der Waals surface area (Å²) in [7, 11) is 0. The van der Waals surface area contributed by atoms with E-state index < -0.39 is 53.3 Å². The Bertz CT molecular complexity index is 2040. The summed E-state index contributed by atoms with van der Waals surface area (Å²) >= 11 is 0. The summed E-state index contributed by atoms with van der Waals surface area (Å²) in [4.78, 5) is 73.2. The van der Waals surface area contributed by atoms with Crippen molar-refractivity contribution in [1.82, 2.24) is 30.4 Å². The third kappa shape index (κ3) is 12.6. The normalized spacial score (nSPS) is 16.2. The Hall–Kier alpha value is -6.38. The molecule has 0 spiro atoms. The summed E-state index contributed by atoms with van der Waals surface area (Å²) in [5.74, 6) is 0.479. The number of alkyl carbamates (subject to hydrolysis) is 1. The second-order valence-electron chi connectivity index (χ2n) is 15.8. The number of amides is 4. The molecule has 1 aromatic heterocycles. The summed E-state index contributed by atoms with van der Waals surface area (Å²) in [5.41, 5.74) is 0.230. The van der Waals surface area contributed by atoms with Crippen LogP contribution in [0.2, 0.25) is 0 Å². The predicted molar refractivity (Wildman–Crippen MR) is 214 cm³/mol. The largest absolute Gasteiger partial charge is 0.494 e. The molecule has 0 aliphatic carbocycles. The number of carbonyl (C=O) groups is 5. The van der Waals surface area contributed by atoms with E-state index in [1.165, 1.54) is 17.4 Å². The number of carbonyl (C=O) groups excluding carboxylic acids is 5. The van der Waals surface area contributed by atoms with E-state index in [4.69, 9.17) is 18.9 Å². The van der Waals surface area contributed by atoms with Crippen molar-refractivity contribution in [3.63, 3.8) is 0 Å². The molecular formula is C43H52N6O9. The van der Waals surface area contributed by atoms with Gasteiger partial charge in [-0.2, -0.15) is 0 Å². The molecule has 3 aromatic carbocycles. The van der Waals surface area contributed by atoms with Crippen LogP contribution in [0.25, 0.3) is 0 Å². The van der Waals surface area contributed by atoms with Gasteiger partial charge in [-0.3, -0.25) is 14.4 Å². The van der Waals surface area contributed by atoms with E-state index in [2.05, 4.69) is 20.9 Å². The third-order valence-corrected chi connectivity index (χ3v) is 8.64. The van der Waals surface area contributed by atoms with Crippen molar-refractivity contribution in [3.8, 4) is 17.2 Å². The topological polar surface area (TPSA) is 179 Å². The molecule has 58 heavy (non-hydrogen) atoms. The second kappa shape index (κ2) is 18.7. The molecule has 0 radical (unpaired) electrons. The maximum Gasteiger partial charge on any atom is 0.419 e. The van der Waals surface area contributed by atoms with E-state index in [9.17, 15) is 24.0 Å². The molecule has 2 heterocycles. The minimum Gasteiger partial charge on any atom is -0.494 e. The Morgan fingerprint density at radius 1 is 0.828 bits per heavy atom. The van der Waals surface area contributed by atoms with Crippen LogP contribution in [0, 0.1) is 0 Å². The average molecular weight is 797 g/mol. The molecule has 5 rings (SSSR count). The zero-order chi connectivity index (χ0) is 42.0. The first-order chi connectivity index (χ1) is 27.5. The summed E-state index contributed by atoms with van der Waals surface area (Å²) in [6, 6.07) is 20.6. The molecule has 15 heteroatoms. The van der Waals surface area contributed by atoms with Gasteiger partial charge in [0.1, 0.15) is 52.9 Å². The Morgan fingerprint density at radius 3 is 2.09 bits per heavy atom. The molecule has 1 aliphatic rings. The second-order valence-corrected chi connectivity index (χ2v) is 15.8. The van der Waals surface area contributed by atoms with Crippen LogP contribution in [0.3, 0.4) is 0 Å². The number of ether oxygens (including phenoxy) is 4. The molecule has 4 amide bonds. The number of nitrogens with one attached hydrogen (secondary N) is 3. The highest BCUT2D eigenvalue weighted by Gasteiger charge is 2.41. The Balaban J connectivity index is 1.35. The average Bonchev–Trinajstić information content (AvgIpc) is 3.62. The van der Waals surface area contributed by atoms with E-state index >= 15 is 0 Å². The van der Waals surface area contributed by atoms with Gasteiger partial charge in [0.15, 0.2) is 0 Å². The number of hydrogen-bond donors (Lipinski definition) is 3. The molecule has 4 aromatic rings. The van der Waals surface area contributed by atoms with Crippen molar-refractivity contribution in [2.24, 2.45) is 0 Å². The number of aromatic nitrogens is 2. The van der Waals surface area contributed by atoms with Crippen molar-refractivity contribution < 1.29 is 42.9 Å². The predicted octanol–water partition coefficient (Wildman–Crippen LogP) is 5.55. The van der Waals surface area contributed by atoms with E-state index in [1.54, 1.807) is 53.7 Å². The van der Waals surface area contributed by atoms with E-state index in [0.29, 0.717) is 29.5 Å². The molecule has 15 nitrogen and oxygen atoms in total. The molecule has 0 saturated carbocycles. The van der Waals surface area contributed by atoms with Crippen LogP contribution in [-0.2, 0) is 43.2 Å². The minimum absolute atomic E-state index is 0.0554. The van der Waals surface area contributed by atoms with Gasteiger partial charge in [-0.25, -0.2) is 19.1 Å². The first-order valence-electron chi connectivity index (χ1n) is 19.1. The molecule has 0 bridgehead atoms. The lowest BCUT2D eigenvalue weighted by Crippen LogP contribution is -2.66. The molecule has 3 atom stereocenters. The van der Waals surface area contributed by atoms with Gasteiger partial charge in [0.05, 0.1) is 12.3 Å². The molecule has 1 unspecified atom stereocenters. The minimum atomic E-state index is -1.24. The SMILES string of the molecule is CCOc1ccc(C[C@@H]2NC(=O)C(CNC(=O)[C@H](Cc3cn(C(=O)OC(C)(C)C)cn3)NC(=O)OC(C)(C)C)N(Cc3ccc(Oc4ccccc4)cc3)C2=O)cc1. The summed E-state index contributed by atoms with van der Waals surface area (Å²) < 4.78 is 23.5. The fourth-order valence-electron chi connectivity index (χ4n) is 6.03. The molecular weight excluding hydrogens is 745 g/mol. The molecule has 1 aliphatic heterocycles. The van der Waals surface area contributed by atoms with Gasteiger partial charge in [0.25, 0.3) is 0 Å². The van der Waals surface area contributed by atoms with Crippen LogP contribution in [0.1, 0.15) is 65.3 Å². The van der Waals surface area contributed by atoms with Crippen LogP contribution in [0.4, 0.5) is 9.59 Å². The lowest BCUT2D eigenvalue weighted by molar-refractivity contribution is -0.150. The molecule has 1 saturated heterocycles. The zero-order valence-electron chi connectivity index (χ0n) is 33.9. The fraction of sp³-hybridized carbons (Fsp3) is 0.395. The number of hydrogen-bond acceptors (Lipinski definition) is 10. The van der Waals surface area contributed by atoms with Crippen LogP contribution in [0.5, 0.6) is 17.2 Å². The van der Waals surface area contributed by atoms with Crippen LogP contribution < -0.4 is 25.4 Å². The lowest BCUT2D eigenvalue weighted by atomic mass is 9.99. The Morgan fingerprint density at radius 2 is 1.45 bits per heavy atom. The van der Waals surface area contributed by atoms with Crippen molar-refractivity contribution in [3.05, 3.63) is 108 Å². The quantitative estimate of drug-likeness (QED) is 0.147. The van der Waals surface area contributed by atoms with Gasteiger partial charge in [0.2, 0.25) is 17.7 Å². The van der Waals surface area contributed by atoms with Crippen molar-refractivity contribution >= 4 is 29.9 Å². The van der Waals surface area contributed by atoms with Gasteiger partial charge in [-0.05, 0) is 96.0 Å². The smallest absolute Gasteiger partial charge is 0.419 e. The third-order valence-electron chi connectivity index (χ3n) is 8.64. The van der Waals surface area contributed by atoms with E-state index in [1.807, 2.05) is 73.7 Å². The van der Waals surface area contributed by atoms with Crippen LogP contribution >= 0.6 is 0 Å². The maximum absolute atomic E-state index is 14.2. The van der Waals surface area contributed by atoms with E-state index in [-0.39, 0.29) is 31.8 Å². The summed E-state index contributed by atoms with van der Waals surface area (Å²) in [6.07, 6.45) is 1.23. The molecule has 3 N–H and O–H groups in total. The maximum atomic E-state index is 14.2. The van der Waals surface area contributed by atoms with Gasteiger partial charge < -0.3 is 39.8 Å². The molecule has 1 fully saturated rings. The first kappa shape index (κ1) is 42.8. The number of benzene rings is 3. The number of imidazole rings is 1. The Labute approximate surface area is 338 Å².